The summed E-state index contributed by atoms with van der Waals surface area (Å²) in [5, 5.41) is 0. The highest BCUT2D eigenvalue weighted by Crippen LogP contribution is 2.61. The Kier molecular flexibility index (Phi) is 7.25. The van der Waals surface area contributed by atoms with E-state index in [9.17, 15) is 9.59 Å². The number of carbonyl (C=O) groups is 2. The van der Waals surface area contributed by atoms with Crippen molar-refractivity contribution in [3.8, 4) is 5.75 Å². The maximum atomic E-state index is 12.7. The molecule has 8 rings (SSSR count). The van der Waals surface area contributed by atoms with Crippen LogP contribution in [0.15, 0.2) is 99.6 Å². The second-order valence-corrected chi connectivity index (χ2v) is 13.8. The van der Waals surface area contributed by atoms with E-state index in [1.54, 1.807) is 0 Å². The molecular weight excluding hydrogens is 536 g/mol. The summed E-state index contributed by atoms with van der Waals surface area (Å²) in [6, 6.07) is 28.8. The molecule has 0 amide bonds. The average Bonchev–Trinajstić information content (AvgIpc) is 3.33. The Morgan fingerprint density at radius 3 is 1.93 bits per heavy atom. The van der Waals surface area contributed by atoms with Crippen LogP contribution in [0.4, 0.5) is 0 Å². The van der Waals surface area contributed by atoms with Gasteiger partial charge in [0, 0.05) is 18.3 Å². The van der Waals surface area contributed by atoms with Gasteiger partial charge in [0.05, 0.1) is 17.5 Å². The monoisotopic (exact) mass is 571 g/mol. The Morgan fingerprint density at radius 1 is 0.780 bits per heavy atom. The Balaban J connectivity index is 0.909. The Labute approximate surface area is 243 Å². The first kappa shape index (κ1) is 26.6. The van der Waals surface area contributed by atoms with Crippen LogP contribution in [0.3, 0.4) is 0 Å². The van der Waals surface area contributed by atoms with Crippen LogP contribution in [0.5, 0.6) is 5.75 Å². The van der Waals surface area contributed by atoms with Gasteiger partial charge < -0.3 is 18.9 Å². The minimum atomic E-state index is -0.741. The van der Waals surface area contributed by atoms with E-state index in [4.69, 9.17) is 18.9 Å². The van der Waals surface area contributed by atoms with Crippen LogP contribution in [0.1, 0.15) is 38.5 Å². The van der Waals surface area contributed by atoms with Gasteiger partial charge in [0.2, 0.25) is 5.79 Å². The van der Waals surface area contributed by atoms with Gasteiger partial charge in [-0.05, 0) is 92.5 Å². The minimum absolute atomic E-state index is 0.0918. The van der Waals surface area contributed by atoms with E-state index >= 15 is 0 Å². The average molecular weight is 572 g/mol. The Bertz CT molecular complexity index is 1310. The summed E-state index contributed by atoms with van der Waals surface area (Å²) in [7, 11) is -0.247. The first-order valence-electron chi connectivity index (χ1n) is 14.7. The largest absolute Gasteiger partial charge is 0.482 e. The van der Waals surface area contributed by atoms with Crippen molar-refractivity contribution < 1.29 is 28.5 Å². The molecule has 5 fully saturated rings. The molecule has 1 unspecified atom stereocenters. The molecule has 7 heteroatoms. The number of carbonyl (C=O) groups excluding carboxylic acids is 2. The van der Waals surface area contributed by atoms with Crippen LogP contribution < -0.4 is 4.74 Å². The highest BCUT2D eigenvalue weighted by atomic mass is 32.2. The van der Waals surface area contributed by atoms with E-state index in [1.807, 2.05) is 36.4 Å². The molecule has 4 bridgehead atoms. The summed E-state index contributed by atoms with van der Waals surface area (Å²) in [6.45, 7) is -0.107. The number of hydrogen-bond acceptors (Lipinski definition) is 6. The van der Waals surface area contributed by atoms with Crippen LogP contribution in [-0.2, 0) is 34.7 Å². The highest BCUT2D eigenvalue weighted by molar-refractivity contribution is 7.97. The third kappa shape index (κ3) is 5.26. The van der Waals surface area contributed by atoms with Crippen LogP contribution in [-0.4, -0.2) is 37.0 Å². The quantitative estimate of drug-likeness (QED) is 0.225. The van der Waals surface area contributed by atoms with Crippen molar-refractivity contribution in [3.63, 3.8) is 0 Å². The number of benzene rings is 3. The van der Waals surface area contributed by atoms with Crippen molar-refractivity contribution in [2.75, 3.05) is 13.2 Å². The maximum Gasteiger partial charge on any atom is 0.344 e. The highest BCUT2D eigenvalue weighted by Gasteiger charge is 2.64. The molecular formula is C34H35O6S+. The van der Waals surface area contributed by atoms with E-state index in [0.29, 0.717) is 24.0 Å². The van der Waals surface area contributed by atoms with Crippen LogP contribution >= 0.6 is 0 Å². The lowest BCUT2D eigenvalue weighted by atomic mass is 9.53. The summed E-state index contributed by atoms with van der Waals surface area (Å²) in [5.74, 6) is 1.22. The standard InChI is InChI=1S/C34H35O6S/c35-32(37-16-15-31-33(36)40-34(39-31)25-18-23-17-24(20-25)21-26(34)19-23)22-38-27-11-13-30(14-12-27)41(28-7-3-1-4-8-28)29-9-5-2-6-10-29/h1-14,23-26,31H,15-22H2/q+1. The van der Waals surface area contributed by atoms with Crippen molar-refractivity contribution >= 4 is 22.8 Å². The van der Waals surface area contributed by atoms with Crippen molar-refractivity contribution in [3.05, 3.63) is 84.9 Å². The molecule has 1 atom stereocenters. The second-order valence-electron chi connectivity index (χ2n) is 11.8. The molecule has 1 spiro atoms. The van der Waals surface area contributed by atoms with E-state index in [0.717, 1.165) is 42.4 Å². The van der Waals surface area contributed by atoms with Crippen LogP contribution in [0.25, 0.3) is 0 Å². The normalized spacial score (nSPS) is 29.6. The van der Waals surface area contributed by atoms with Gasteiger partial charge >= 0.3 is 11.9 Å². The van der Waals surface area contributed by atoms with Gasteiger partial charge in [-0.1, -0.05) is 36.4 Å². The minimum Gasteiger partial charge on any atom is -0.482 e. The van der Waals surface area contributed by atoms with Gasteiger partial charge in [0.25, 0.3) is 0 Å². The summed E-state index contributed by atoms with van der Waals surface area (Å²) in [4.78, 5) is 28.7. The predicted molar refractivity (Wildman–Crippen MR) is 153 cm³/mol. The van der Waals surface area contributed by atoms with E-state index in [-0.39, 0.29) is 30.1 Å². The fourth-order valence-electron chi connectivity index (χ4n) is 7.55. The molecule has 1 saturated heterocycles. The summed E-state index contributed by atoms with van der Waals surface area (Å²) in [6.07, 6.45) is 5.34. The van der Waals surface area contributed by atoms with Crippen molar-refractivity contribution in [2.45, 2.75) is 65.1 Å². The fourth-order valence-corrected chi connectivity index (χ4v) is 9.63. The zero-order valence-corrected chi connectivity index (χ0v) is 23.8. The fraction of sp³-hybridized carbons (Fsp3) is 0.412. The lowest BCUT2D eigenvalue weighted by Gasteiger charge is -2.57. The molecule has 6 nitrogen and oxygen atoms in total. The van der Waals surface area contributed by atoms with Crippen LogP contribution in [0, 0.1) is 23.7 Å². The van der Waals surface area contributed by atoms with Crippen LogP contribution in [0.2, 0.25) is 0 Å². The van der Waals surface area contributed by atoms with Crippen molar-refractivity contribution in [1.82, 2.24) is 0 Å². The molecule has 41 heavy (non-hydrogen) atoms. The molecule has 4 saturated carbocycles. The molecule has 1 heterocycles. The third-order valence-corrected chi connectivity index (χ3v) is 11.4. The summed E-state index contributed by atoms with van der Waals surface area (Å²) < 4.78 is 23.4. The van der Waals surface area contributed by atoms with Crippen molar-refractivity contribution in [1.29, 1.82) is 0 Å². The predicted octanol–water partition coefficient (Wildman–Crippen LogP) is 6.19. The molecule has 3 aromatic rings. The summed E-state index contributed by atoms with van der Waals surface area (Å²) >= 11 is 0. The number of hydrogen-bond donors (Lipinski definition) is 0. The first-order valence-corrected chi connectivity index (χ1v) is 15.9. The number of esters is 2. The van der Waals surface area contributed by atoms with Gasteiger partial charge in [-0.2, -0.15) is 0 Å². The third-order valence-electron chi connectivity index (χ3n) is 9.14. The molecule has 5 aliphatic rings. The van der Waals surface area contributed by atoms with Crippen molar-refractivity contribution in [2.24, 2.45) is 23.7 Å². The lowest BCUT2D eigenvalue weighted by Crippen LogP contribution is -2.58. The second kappa shape index (κ2) is 11.2. The lowest BCUT2D eigenvalue weighted by molar-refractivity contribution is -0.291. The van der Waals surface area contributed by atoms with Gasteiger partial charge in [-0.3, -0.25) is 0 Å². The topological polar surface area (TPSA) is 71.1 Å². The zero-order chi connectivity index (χ0) is 27.8. The van der Waals surface area contributed by atoms with Gasteiger partial charge in [0.15, 0.2) is 27.4 Å². The van der Waals surface area contributed by atoms with E-state index < -0.39 is 17.9 Å². The SMILES string of the molecule is O=C(COc1ccc([S+](c2ccccc2)c2ccccc2)cc1)OCCC1OC2(OC1=O)C1CC3CC(C1)CC2C3. The number of rotatable bonds is 9. The maximum absolute atomic E-state index is 12.7. The smallest absolute Gasteiger partial charge is 0.344 e. The zero-order valence-electron chi connectivity index (χ0n) is 23.0. The van der Waals surface area contributed by atoms with E-state index in [1.165, 1.54) is 16.2 Å². The molecule has 4 aliphatic carbocycles. The molecule has 1 aliphatic heterocycles. The van der Waals surface area contributed by atoms with Gasteiger partial charge in [0.1, 0.15) is 5.75 Å². The molecule has 0 N–H and O–H groups in total. The summed E-state index contributed by atoms with van der Waals surface area (Å²) in [5.41, 5.74) is 0. The van der Waals surface area contributed by atoms with Gasteiger partial charge in [-0.25, -0.2) is 9.59 Å². The molecule has 0 aromatic heterocycles. The Hall–Kier alpha value is -3.29. The Morgan fingerprint density at radius 2 is 1.34 bits per heavy atom. The number of ether oxygens (including phenoxy) is 4. The molecule has 3 aromatic carbocycles. The first-order chi connectivity index (χ1) is 20.1. The van der Waals surface area contributed by atoms with E-state index in [2.05, 4.69) is 48.5 Å². The molecule has 0 radical (unpaired) electrons. The van der Waals surface area contributed by atoms with Gasteiger partial charge in [-0.15, -0.1) is 0 Å². The molecule has 212 valence electrons.